The first kappa shape index (κ1) is 13.0. The quantitative estimate of drug-likeness (QED) is 0.747. The molecule has 1 aromatic carbocycles. The molecule has 1 atom stereocenters. The zero-order chi connectivity index (χ0) is 13.0. The van der Waals surface area contributed by atoms with Crippen LogP contribution in [-0.4, -0.2) is 31.7 Å². The highest BCUT2D eigenvalue weighted by atomic mass is 16.5. The Bertz CT molecular complexity index is 406. The number of nitrogens with zero attached hydrogens (tertiary/aromatic N) is 1. The molecular weight excluding hydrogens is 226 g/mol. The van der Waals surface area contributed by atoms with Gasteiger partial charge in [0, 0.05) is 25.2 Å². The molecule has 0 aliphatic carbocycles. The first-order chi connectivity index (χ1) is 8.76. The fourth-order valence-electron chi connectivity index (χ4n) is 2.38. The molecule has 18 heavy (non-hydrogen) atoms. The minimum Gasteiger partial charge on any atom is -0.497 e. The molecule has 0 aromatic heterocycles. The van der Waals surface area contributed by atoms with Crippen molar-refractivity contribution in [3.8, 4) is 11.5 Å². The molecule has 0 radical (unpaired) electrons. The average Bonchev–Trinajstić information content (AvgIpc) is 2.85. The maximum absolute atomic E-state index is 5.30. The van der Waals surface area contributed by atoms with Gasteiger partial charge in [0.1, 0.15) is 11.5 Å². The van der Waals surface area contributed by atoms with Gasteiger partial charge in [0.15, 0.2) is 0 Å². The minimum atomic E-state index is 0.558. The molecule has 0 saturated heterocycles. The number of benzene rings is 1. The fourth-order valence-corrected chi connectivity index (χ4v) is 2.38. The van der Waals surface area contributed by atoms with Crippen molar-refractivity contribution in [2.24, 2.45) is 0 Å². The van der Waals surface area contributed by atoms with Crippen molar-refractivity contribution in [3.63, 3.8) is 0 Å². The van der Waals surface area contributed by atoms with E-state index in [4.69, 9.17) is 9.47 Å². The van der Waals surface area contributed by atoms with Crippen molar-refractivity contribution in [3.05, 3.63) is 35.9 Å². The lowest BCUT2D eigenvalue weighted by Crippen LogP contribution is -2.28. The normalized spacial score (nSPS) is 19.2. The molecule has 0 bridgehead atoms. The van der Waals surface area contributed by atoms with E-state index in [2.05, 4.69) is 36.1 Å². The van der Waals surface area contributed by atoms with Crippen LogP contribution in [0.1, 0.15) is 18.9 Å². The van der Waals surface area contributed by atoms with E-state index in [0.717, 1.165) is 31.0 Å². The summed E-state index contributed by atoms with van der Waals surface area (Å²) < 4.78 is 10.6. The Kier molecular flexibility index (Phi) is 4.26. The number of methoxy groups -OCH3 is 2. The van der Waals surface area contributed by atoms with Crippen LogP contribution in [0.25, 0.3) is 0 Å². The van der Waals surface area contributed by atoms with Gasteiger partial charge in [-0.1, -0.05) is 19.1 Å². The van der Waals surface area contributed by atoms with Crippen LogP contribution < -0.4 is 9.47 Å². The zero-order valence-electron chi connectivity index (χ0n) is 11.3. The largest absolute Gasteiger partial charge is 0.497 e. The summed E-state index contributed by atoms with van der Waals surface area (Å²) in [6, 6.07) is 6.62. The summed E-state index contributed by atoms with van der Waals surface area (Å²) in [4.78, 5) is 2.45. The SMILES string of the molecule is CCC1C=CCN1Cc1cc(OC)cc(OC)c1. The van der Waals surface area contributed by atoms with E-state index in [-0.39, 0.29) is 0 Å². The molecule has 3 nitrogen and oxygen atoms in total. The van der Waals surface area contributed by atoms with Crippen molar-refractivity contribution in [2.45, 2.75) is 25.9 Å². The third-order valence-electron chi connectivity index (χ3n) is 3.38. The van der Waals surface area contributed by atoms with Crippen molar-refractivity contribution in [2.75, 3.05) is 20.8 Å². The maximum Gasteiger partial charge on any atom is 0.122 e. The number of hydrogen-bond acceptors (Lipinski definition) is 3. The second kappa shape index (κ2) is 5.91. The van der Waals surface area contributed by atoms with Gasteiger partial charge in [-0.25, -0.2) is 0 Å². The van der Waals surface area contributed by atoms with Gasteiger partial charge < -0.3 is 9.47 Å². The van der Waals surface area contributed by atoms with Crippen LogP contribution in [0, 0.1) is 0 Å². The highest BCUT2D eigenvalue weighted by molar-refractivity contribution is 5.38. The summed E-state index contributed by atoms with van der Waals surface area (Å²) in [7, 11) is 3.37. The van der Waals surface area contributed by atoms with Crippen molar-refractivity contribution < 1.29 is 9.47 Å². The first-order valence-corrected chi connectivity index (χ1v) is 6.39. The Balaban J connectivity index is 2.13. The van der Waals surface area contributed by atoms with Gasteiger partial charge in [0.2, 0.25) is 0 Å². The summed E-state index contributed by atoms with van der Waals surface area (Å²) in [5, 5.41) is 0. The molecule has 1 aliphatic rings. The monoisotopic (exact) mass is 247 g/mol. The zero-order valence-corrected chi connectivity index (χ0v) is 11.3. The topological polar surface area (TPSA) is 21.7 Å². The Hall–Kier alpha value is -1.48. The van der Waals surface area contributed by atoms with Gasteiger partial charge in [0.25, 0.3) is 0 Å². The van der Waals surface area contributed by atoms with Gasteiger partial charge in [0.05, 0.1) is 14.2 Å². The van der Waals surface area contributed by atoms with Crippen molar-refractivity contribution in [1.29, 1.82) is 0 Å². The summed E-state index contributed by atoms with van der Waals surface area (Å²) in [5.74, 6) is 1.70. The van der Waals surface area contributed by atoms with Gasteiger partial charge >= 0.3 is 0 Å². The van der Waals surface area contributed by atoms with Crippen molar-refractivity contribution in [1.82, 2.24) is 4.90 Å². The van der Waals surface area contributed by atoms with E-state index in [1.807, 2.05) is 6.07 Å². The van der Waals surface area contributed by atoms with E-state index in [1.165, 1.54) is 5.56 Å². The van der Waals surface area contributed by atoms with E-state index in [9.17, 15) is 0 Å². The Labute approximate surface area is 109 Å². The van der Waals surface area contributed by atoms with Gasteiger partial charge in [-0.15, -0.1) is 0 Å². The van der Waals surface area contributed by atoms with E-state index in [0.29, 0.717) is 6.04 Å². The van der Waals surface area contributed by atoms with Gasteiger partial charge in [-0.05, 0) is 24.1 Å². The maximum atomic E-state index is 5.30. The first-order valence-electron chi connectivity index (χ1n) is 6.39. The van der Waals surface area contributed by atoms with Gasteiger partial charge in [-0.3, -0.25) is 4.90 Å². The van der Waals surface area contributed by atoms with Crippen LogP contribution in [0.2, 0.25) is 0 Å². The molecule has 0 N–H and O–H groups in total. The molecule has 1 unspecified atom stereocenters. The Morgan fingerprint density at radius 2 is 1.83 bits per heavy atom. The Morgan fingerprint density at radius 3 is 2.39 bits per heavy atom. The molecule has 1 aliphatic heterocycles. The van der Waals surface area contributed by atoms with E-state index < -0.39 is 0 Å². The summed E-state index contributed by atoms with van der Waals surface area (Å²) >= 11 is 0. The highest BCUT2D eigenvalue weighted by Crippen LogP contribution is 2.25. The molecule has 0 fully saturated rings. The highest BCUT2D eigenvalue weighted by Gasteiger charge is 2.18. The molecule has 1 heterocycles. The number of hydrogen-bond donors (Lipinski definition) is 0. The second-order valence-electron chi connectivity index (χ2n) is 4.55. The molecular formula is C15H21NO2. The second-order valence-corrected chi connectivity index (χ2v) is 4.55. The molecule has 3 heteroatoms. The Morgan fingerprint density at radius 1 is 1.17 bits per heavy atom. The lowest BCUT2D eigenvalue weighted by molar-refractivity contribution is 0.257. The standard InChI is InChI=1S/C15H21NO2/c1-4-13-6-5-7-16(13)11-12-8-14(17-2)10-15(9-12)18-3/h5-6,8-10,13H,4,7,11H2,1-3H3. The predicted molar refractivity (Wildman–Crippen MR) is 73.2 cm³/mol. The van der Waals surface area contributed by atoms with Crippen LogP contribution in [-0.2, 0) is 6.54 Å². The lowest BCUT2D eigenvalue weighted by Gasteiger charge is -2.23. The van der Waals surface area contributed by atoms with Crippen LogP contribution >= 0.6 is 0 Å². The molecule has 1 aromatic rings. The third-order valence-corrected chi connectivity index (χ3v) is 3.38. The third kappa shape index (κ3) is 2.85. The minimum absolute atomic E-state index is 0.558. The predicted octanol–water partition coefficient (Wildman–Crippen LogP) is 2.85. The molecule has 2 rings (SSSR count). The molecule has 0 spiro atoms. The molecule has 98 valence electrons. The van der Waals surface area contributed by atoms with Crippen LogP contribution in [0.4, 0.5) is 0 Å². The van der Waals surface area contributed by atoms with Crippen LogP contribution in [0.5, 0.6) is 11.5 Å². The van der Waals surface area contributed by atoms with Crippen LogP contribution in [0.15, 0.2) is 30.4 Å². The van der Waals surface area contributed by atoms with E-state index in [1.54, 1.807) is 14.2 Å². The fraction of sp³-hybridized carbons (Fsp3) is 0.467. The molecule has 0 saturated carbocycles. The van der Waals surface area contributed by atoms with E-state index >= 15 is 0 Å². The smallest absolute Gasteiger partial charge is 0.122 e. The summed E-state index contributed by atoms with van der Waals surface area (Å²) in [6.07, 6.45) is 5.68. The van der Waals surface area contributed by atoms with Gasteiger partial charge in [-0.2, -0.15) is 0 Å². The average molecular weight is 247 g/mol. The summed E-state index contributed by atoms with van der Waals surface area (Å²) in [6.45, 7) is 4.18. The summed E-state index contributed by atoms with van der Waals surface area (Å²) in [5.41, 5.74) is 1.23. The number of rotatable bonds is 5. The lowest BCUT2D eigenvalue weighted by atomic mass is 10.1. The molecule has 0 amide bonds. The van der Waals surface area contributed by atoms with Crippen LogP contribution in [0.3, 0.4) is 0 Å². The van der Waals surface area contributed by atoms with Crippen molar-refractivity contribution >= 4 is 0 Å². The number of ether oxygens (including phenoxy) is 2.